The quantitative estimate of drug-likeness (QED) is 0.740. The standard InChI is InChI=1S/C25H27FN2O2/c1-16(2)15-28(24(29)18-8-5-4-6-9-18)23-21-14-19(26)11-12-20(21)17(3)22-10-7-13-27(22)25(23)30/h4-6,8-9,11-12,14,16,22-23H,3,7,10,13,15H2,1-2H3/t22-,23+/m1/s1. The van der Waals surface area contributed by atoms with Gasteiger partial charge in [0, 0.05) is 18.7 Å². The van der Waals surface area contributed by atoms with Crippen LogP contribution in [0, 0.1) is 11.7 Å². The van der Waals surface area contributed by atoms with Crippen LogP contribution in [0.2, 0.25) is 0 Å². The van der Waals surface area contributed by atoms with Crippen molar-refractivity contribution >= 4 is 17.4 Å². The second kappa shape index (κ2) is 8.05. The molecule has 2 aliphatic heterocycles. The van der Waals surface area contributed by atoms with Gasteiger partial charge in [-0.05, 0) is 59.7 Å². The molecule has 4 rings (SSSR count). The van der Waals surface area contributed by atoms with Gasteiger partial charge in [-0.3, -0.25) is 9.59 Å². The van der Waals surface area contributed by atoms with Crippen molar-refractivity contribution in [2.24, 2.45) is 5.92 Å². The fourth-order valence-corrected chi connectivity index (χ4v) is 4.66. The minimum absolute atomic E-state index is 0.0977. The zero-order valence-corrected chi connectivity index (χ0v) is 17.5. The van der Waals surface area contributed by atoms with Gasteiger partial charge in [0.25, 0.3) is 11.8 Å². The van der Waals surface area contributed by atoms with E-state index in [2.05, 4.69) is 6.58 Å². The number of hydrogen-bond donors (Lipinski definition) is 0. The lowest BCUT2D eigenvalue weighted by Gasteiger charge is -2.35. The summed E-state index contributed by atoms with van der Waals surface area (Å²) in [6.45, 7) is 9.30. The fraction of sp³-hybridized carbons (Fsp3) is 0.360. The van der Waals surface area contributed by atoms with E-state index >= 15 is 0 Å². The molecule has 0 aliphatic carbocycles. The minimum Gasteiger partial charge on any atom is -0.334 e. The number of amides is 2. The summed E-state index contributed by atoms with van der Waals surface area (Å²) in [6.07, 6.45) is 1.74. The molecule has 0 unspecified atom stereocenters. The van der Waals surface area contributed by atoms with Crippen LogP contribution in [0.3, 0.4) is 0 Å². The molecule has 0 aromatic heterocycles. The van der Waals surface area contributed by atoms with Crippen LogP contribution in [0.5, 0.6) is 0 Å². The smallest absolute Gasteiger partial charge is 0.254 e. The molecule has 2 amide bonds. The highest BCUT2D eigenvalue weighted by atomic mass is 19.1. The van der Waals surface area contributed by atoms with Crippen molar-refractivity contribution in [3.05, 3.63) is 77.6 Å². The highest BCUT2D eigenvalue weighted by Gasteiger charge is 2.44. The average molecular weight is 407 g/mol. The van der Waals surface area contributed by atoms with Gasteiger partial charge in [0.05, 0.1) is 6.04 Å². The Morgan fingerprint density at radius 2 is 1.97 bits per heavy atom. The Bertz CT molecular complexity index is 986. The number of fused-ring (bicyclic) bond motifs is 2. The molecule has 2 atom stereocenters. The van der Waals surface area contributed by atoms with Crippen LogP contribution >= 0.6 is 0 Å². The Labute approximate surface area is 177 Å². The normalized spacial score (nSPS) is 20.7. The molecular weight excluding hydrogens is 379 g/mol. The van der Waals surface area contributed by atoms with Crippen LogP contribution in [0.15, 0.2) is 55.1 Å². The molecule has 2 aromatic carbocycles. The maximum Gasteiger partial charge on any atom is 0.254 e. The van der Waals surface area contributed by atoms with Crippen molar-refractivity contribution in [2.45, 2.75) is 38.8 Å². The monoisotopic (exact) mass is 406 g/mol. The summed E-state index contributed by atoms with van der Waals surface area (Å²) in [5.74, 6) is -0.643. The summed E-state index contributed by atoms with van der Waals surface area (Å²) in [5.41, 5.74) is 2.66. The van der Waals surface area contributed by atoms with Crippen molar-refractivity contribution < 1.29 is 14.0 Å². The molecule has 1 fully saturated rings. The van der Waals surface area contributed by atoms with Gasteiger partial charge in [0.15, 0.2) is 0 Å². The topological polar surface area (TPSA) is 40.6 Å². The van der Waals surface area contributed by atoms with Gasteiger partial charge < -0.3 is 9.80 Å². The third kappa shape index (κ3) is 3.53. The molecule has 0 N–H and O–H groups in total. The lowest BCUT2D eigenvalue weighted by atomic mass is 9.91. The van der Waals surface area contributed by atoms with Gasteiger partial charge in [-0.1, -0.05) is 44.7 Å². The second-order valence-electron chi connectivity index (χ2n) is 8.57. The number of nitrogens with zero attached hydrogens (tertiary/aromatic N) is 2. The molecule has 0 spiro atoms. The van der Waals surface area contributed by atoms with Crippen LogP contribution in [0.1, 0.15) is 54.2 Å². The van der Waals surface area contributed by atoms with Gasteiger partial charge in [-0.25, -0.2) is 4.39 Å². The van der Waals surface area contributed by atoms with E-state index in [1.54, 1.807) is 23.1 Å². The Hall–Kier alpha value is -2.95. The van der Waals surface area contributed by atoms with Gasteiger partial charge in [0.1, 0.15) is 11.9 Å². The number of carbonyl (C=O) groups is 2. The molecule has 4 nitrogen and oxygen atoms in total. The van der Waals surface area contributed by atoms with Crippen molar-refractivity contribution in [2.75, 3.05) is 13.1 Å². The fourth-order valence-electron chi connectivity index (χ4n) is 4.66. The summed E-state index contributed by atoms with van der Waals surface area (Å²) in [4.78, 5) is 30.8. The predicted molar refractivity (Wildman–Crippen MR) is 115 cm³/mol. The molecule has 2 aliphatic rings. The zero-order valence-electron chi connectivity index (χ0n) is 17.5. The Kier molecular flexibility index (Phi) is 5.46. The largest absolute Gasteiger partial charge is 0.334 e. The van der Waals surface area contributed by atoms with E-state index in [9.17, 15) is 14.0 Å². The number of rotatable bonds is 4. The summed E-state index contributed by atoms with van der Waals surface area (Å²) < 4.78 is 14.3. The van der Waals surface area contributed by atoms with E-state index < -0.39 is 11.9 Å². The molecule has 5 heteroatoms. The first-order chi connectivity index (χ1) is 14.4. The van der Waals surface area contributed by atoms with Crippen LogP contribution in [0.4, 0.5) is 4.39 Å². The van der Waals surface area contributed by atoms with Crippen molar-refractivity contribution in [3.8, 4) is 0 Å². The third-order valence-corrected chi connectivity index (χ3v) is 5.98. The summed E-state index contributed by atoms with van der Waals surface area (Å²) in [7, 11) is 0. The summed E-state index contributed by atoms with van der Waals surface area (Å²) in [6, 6.07) is 12.5. The van der Waals surface area contributed by atoms with Crippen LogP contribution in [-0.2, 0) is 4.79 Å². The SMILES string of the molecule is C=C1c2ccc(F)cc2[C@H](N(CC(C)C)C(=O)c2ccccc2)C(=O)N2CCC[C@H]12. The first kappa shape index (κ1) is 20.3. The van der Waals surface area contributed by atoms with Gasteiger partial charge in [-0.15, -0.1) is 0 Å². The van der Waals surface area contributed by atoms with Gasteiger partial charge >= 0.3 is 0 Å². The Morgan fingerprint density at radius 1 is 1.23 bits per heavy atom. The molecule has 1 saturated heterocycles. The highest BCUT2D eigenvalue weighted by molar-refractivity contribution is 5.99. The summed E-state index contributed by atoms with van der Waals surface area (Å²) in [5, 5.41) is 0. The molecule has 0 bridgehead atoms. The average Bonchev–Trinajstić information content (AvgIpc) is 3.20. The van der Waals surface area contributed by atoms with E-state index in [1.807, 2.05) is 36.9 Å². The predicted octanol–water partition coefficient (Wildman–Crippen LogP) is 4.68. The molecule has 30 heavy (non-hydrogen) atoms. The van der Waals surface area contributed by atoms with Crippen molar-refractivity contribution in [1.82, 2.24) is 9.80 Å². The number of carbonyl (C=O) groups excluding carboxylic acids is 2. The minimum atomic E-state index is -0.870. The number of hydrogen-bond acceptors (Lipinski definition) is 2. The van der Waals surface area contributed by atoms with Crippen LogP contribution in [-0.4, -0.2) is 40.7 Å². The first-order valence-corrected chi connectivity index (χ1v) is 10.5. The van der Waals surface area contributed by atoms with E-state index in [-0.39, 0.29) is 23.8 Å². The molecule has 0 saturated carbocycles. The maximum atomic E-state index is 14.3. The maximum absolute atomic E-state index is 14.3. The van der Waals surface area contributed by atoms with Crippen molar-refractivity contribution in [1.29, 1.82) is 0 Å². The Morgan fingerprint density at radius 3 is 2.67 bits per heavy atom. The van der Waals surface area contributed by atoms with Gasteiger partial charge in [0.2, 0.25) is 0 Å². The first-order valence-electron chi connectivity index (χ1n) is 10.5. The molecule has 2 heterocycles. The molecule has 156 valence electrons. The van der Waals surface area contributed by atoms with Crippen LogP contribution < -0.4 is 0 Å². The molecule has 0 radical (unpaired) electrons. The van der Waals surface area contributed by atoms with Gasteiger partial charge in [-0.2, -0.15) is 0 Å². The zero-order chi connectivity index (χ0) is 21.4. The number of benzene rings is 2. The van der Waals surface area contributed by atoms with Crippen molar-refractivity contribution in [3.63, 3.8) is 0 Å². The lowest BCUT2D eigenvalue weighted by molar-refractivity contribution is -0.136. The van der Waals surface area contributed by atoms with E-state index in [4.69, 9.17) is 0 Å². The van der Waals surface area contributed by atoms with Crippen LogP contribution in [0.25, 0.3) is 5.57 Å². The van der Waals surface area contributed by atoms with E-state index in [0.29, 0.717) is 24.2 Å². The summed E-state index contributed by atoms with van der Waals surface area (Å²) >= 11 is 0. The van der Waals surface area contributed by atoms with E-state index in [1.165, 1.54) is 12.1 Å². The number of halogens is 1. The molecular formula is C25H27FN2O2. The molecule has 2 aromatic rings. The highest BCUT2D eigenvalue weighted by Crippen LogP contribution is 2.41. The lowest BCUT2D eigenvalue weighted by Crippen LogP contribution is -2.47. The third-order valence-electron chi connectivity index (χ3n) is 5.98. The Balaban J connectivity index is 1.88. The van der Waals surface area contributed by atoms with E-state index in [0.717, 1.165) is 24.0 Å². The second-order valence-corrected chi connectivity index (χ2v) is 8.57.